The lowest BCUT2D eigenvalue weighted by molar-refractivity contribution is -0.121. The van der Waals surface area contributed by atoms with Gasteiger partial charge in [-0.05, 0) is 48.7 Å². The van der Waals surface area contributed by atoms with Crippen molar-refractivity contribution in [3.05, 3.63) is 64.1 Å². The fourth-order valence-electron chi connectivity index (χ4n) is 2.56. The Balaban J connectivity index is 1.45. The monoisotopic (exact) mass is 393 g/mol. The standard InChI is InChI=1S/C21H25Cl2NO2/c22-18-11-13-19(14-12-18)26-15-7-3-1-2-4-10-21(25)24-16-17-8-5-6-9-20(17)23/h5-6,8-9,11-14H,1-4,7,10,15-16H2,(H,24,25). The zero-order valence-electron chi connectivity index (χ0n) is 14.8. The SMILES string of the molecule is O=C(CCCCCCCOc1ccc(Cl)cc1)NCc1ccccc1Cl. The van der Waals surface area contributed by atoms with Crippen molar-refractivity contribution in [3.63, 3.8) is 0 Å². The molecular formula is C21H25Cl2NO2. The van der Waals surface area contributed by atoms with Gasteiger partial charge in [0.05, 0.1) is 6.61 Å². The quantitative estimate of drug-likeness (QED) is 0.473. The second-order valence-electron chi connectivity index (χ2n) is 6.19. The third kappa shape index (κ3) is 8.11. The number of ether oxygens (including phenoxy) is 1. The number of unbranched alkanes of at least 4 members (excludes halogenated alkanes) is 4. The molecule has 3 nitrogen and oxygen atoms in total. The van der Waals surface area contributed by atoms with Gasteiger partial charge >= 0.3 is 0 Å². The van der Waals surface area contributed by atoms with Crippen molar-refractivity contribution in [1.29, 1.82) is 0 Å². The van der Waals surface area contributed by atoms with E-state index >= 15 is 0 Å². The van der Waals surface area contributed by atoms with Gasteiger partial charge in [-0.2, -0.15) is 0 Å². The van der Waals surface area contributed by atoms with Crippen LogP contribution in [0.25, 0.3) is 0 Å². The molecule has 26 heavy (non-hydrogen) atoms. The Morgan fingerprint density at radius 2 is 1.58 bits per heavy atom. The van der Waals surface area contributed by atoms with E-state index in [0.717, 1.165) is 43.4 Å². The van der Waals surface area contributed by atoms with E-state index in [1.54, 1.807) is 0 Å². The number of amides is 1. The first-order chi connectivity index (χ1) is 12.6. The van der Waals surface area contributed by atoms with Gasteiger partial charge in [-0.1, -0.05) is 60.7 Å². The van der Waals surface area contributed by atoms with E-state index in [-0.39, 0.29) is 5.91 Å². The first-order valence-corrected chi connectivity index (χ1v) is 9.79. The normalized spacial score (nSPS) is 10.5. The third-order valence-electron chi connectivity index (χ3n) is 4.06. The maximum Gasteiger partial charge on any atom is 0.220 e. The molecule has 1 amide bonds. The minimum atomic E-state index is 0.0796. The van der Waals surface area contributed by atoms with E-state index in [9.17, 15) is 4.79 Å². The molecule has 0 aliphatic heterocycles. The topological polar surface area (TPSA) is 38.3 Å². The molecule has 140 valence electrons. The molecule has 0 aromatic heterocycles. The lowest BCUT2D eigenvalue weighted by Crippen LogP contribution is -2.22. The summed E-state index contributed by atoms with van der Waals surface area (Å²) in [5, 5.41) is 4.32. The predicted octanol–water partition coefficient (Wildman–Crippen LogP) is 6.03. The van der Waals surface area contributed by atoms with Gasteiger partial charge in [0.25, 0.3) is 0 Å². The zero-order valence-corrected chi connectivity index (χ0v) is 16.4. The van der Waals surface area contributed by atoms with Crippen LogP contribution in [0.5, 0.6) is 5.75 Å². The van der Waals surface area contributed by atoms with Crippen LogP contribution in [0.4, 0.5) is 0 Å². The Kier molecular flexibility index (Phi) is 9.36. The molecule has 5 heteroatoms. The number of carbonyl (C=O) groups excluding carboxylic acids is 1. The van der Waals surface area contributed by atoms with Crippen molar-refractivity contribution in [2.45, 2.75) is 45.1 Å². The molecule has 2 aromatic carbocycles. The maximum atomic E-state index is 11.9. The van der Waals surface area contributed by atoms with Crippen molar-refractivity contribution in [2.75, 3.05) is 6.61 Å². The van der Waals surface area contributed by atoms with Gasteiger partial charge in [-0.25, -0.2) is 0 Å². The number of nitrogens with one attached hydrogen (secondary N) is 1. The van der Waals surface area contributed by atoms with Crippen LogP contribution in [-0.4, -0.2) is 12.5 Å². The molecule has 0 aliphatic rings. The summed E-state index contributed by atoms with van der Waals surface area (Å²) < 4.78 is 5.66. The largest absolute Gasteiger partial charge is 0.494 e. The summed E-state index contributed by atoms with van der Waals surface area (Å²) in [6, 6.07) is 15.0. The third-order valence-corrected chi connectivity index (χ3v) is 4.69. The molecule has 0 saturated carbocycles. The number of hydrogen-bond acceptors (Lipinski definition) is 2. The van der Waals surface area contributed by atoms with Crippen LogP contribution < -0.4 is 10.1 Å². The number of benzene rings is 2. The molecule has 0 unspecified atom stereocenters. The Morgan fingerprint density at radius 1 is 0.885 bits per heavy atom. The highest BCUT2D eigenvalue weighted by Crippen LogP contribution is 2.16. The predicted molar refractivity (Wildman–Crippen MR) is 108 cm³/mol. The van der Waals surface area contributed by atoms with Crippen LogP contribution >= 0.6 is 23.2 Å². The summed E-state index contributed by atoms with van der Waals surface area (Å²) >= 11 is 11.9. The van der Waals surface area contributed by atoms with Crippen LogP contribution in [-0.2, 0) is 11.3 Å². The molecule has 0 atom stereocenters. The fourth-order valence-corrected chi connectivity index (χ4v) is 2.89. The van der Waals surface area contributed by atoms with Crippen LogP contribution in [0, 0.1) is 0 Å². The highest BCUT2D eigenvalue weighted by molar-refractivity contribution is 6.31. The summed E-state index contributed by atoms with van der Waals surface area (Å²) in [5.41, 5.74) is 0.947. The van der Waals surface area contributed by atoms with Crippen molar-refractivity contribution in [2.24, 2.45) is 0 Å². The maximum absolute atomic E-state index is 11.9. The first kappa shape index (κ1) is 20.6. The van der Waals surface area contributed by atoms with E-state index in [0.29, 0.717) is 29.6 Å². The summed E-state index contributed by atoms with van der Waals surface area (Å²) in [6.07, 6.45) is 5.76. The van der Waals surface area contributed by atoms with Crippen LogP contribution in [0.1, 0.15) is 44.1 Å². The minimum absolute atomic E-state index is 0.0796. The lowest BCUT2D eigenvalue weighted by Gasteiger charge is -2.07. The van der Waals surface area contributed by atoms with E-state index < -0.39 is 0 Å². The van der Waals surface area contributed by atoms with Gasteiger partial charge in [-0.3, -0.25) is 4.79 Å². The van der Waals surface area contributed by atoms with Gasteiger partial charge in [0.2, 0.25) is 5.91 Å². The molecular weight excluding hydrogens is 369 g/mol. The molecule has 0 aliphatic carbocycles. The van der Waals surface area contributed by atoms with E-state index in [1.165, 1.54) is 0 Å². The summed E-state index contributed by atoms with van der Waals surface area (Å²) in [5.74, 6) is 0.931. The number of hydrogen-bond donors (Lipinski definition) is 1. The van der Waals surface area contributed by atoms with Crippen molar-refractivity contribution in [3.8, 4) is 5.75 Å². The van der Waals surface area contributed by atoms with Crippen molar-refractivity contribution in [1.82, 2.24) is 5.32 Å². The zero-order chi connectivity index (χ0) is 18.6. The van der Waals surface area contributed by atoms with E-state index in [2.05, 4.69) is 5.32 Å². The summed E-state index contributed by atoms with van der Waals surface area (Å²) in [7, 11) is 0. The Hall–Kier alpha value is -1.71. The van der Waals surface area contributed by atoms with Gasteiger partial charge in [-0.15, -0.1) is 0 Å². The minimum Gasteiger partial charge on any atom is -0.494 e. The second kappa shape index (κ2) is 11.8. The van der Waals surface area contributed by atoms with Gasteiger partial charge in [0.15, 0.2) is 0 Å². The highest BCUT2D eigenvalue weighted by atomic mass is 35.5. The van der Waals surface area contributed by atoms with Crippen LogP contribution in [0.3, 0.4) is 0 Å². The van der Waals surface area contributed by atoms with E-state index in [1.807, 2.05) is 48.5 Å². The highest BCUT2D eigenvalue weighted by Gasteiger charge is 2.03. The molecule has 1 N–H and O–H groups in total. The average Bonchev–Trinajstić information content (AvgIpc) is 2.64. The molecule has 2 aromatic rings. The number of carbonyl (C=O) groups is 1. The Bertz CT molecular complexity index is 674. The molecule has 0 saturated heterocycles. The van der Waals surface area contributed by atoms with Crippen LogP contribution in [0.2, 0.25) is 10.0 Å². The molecule has 0 fully saturated rings. The Labute approximate surface area is 165 Å². The number of rotatable bonds is 11. The van der Waals surface area contributed by atoms with Crippen molar-refractivity contribution < 1.29 is 9.53 Å². The summed E-state index contributed by atoms with van der Waals surface area (Å²) in [4.78, 5) is 11.9. The molecule has 0 heterocycles. The summed E-state index contributed by atoms with van der Waals surface area (Å²) in [6.45, 7) is 1.19. The van der Waals surface area contributed by atoms with Crippen LogP contribution in [0.15, 0.2) is 48.5 Å². The molecule has 0 radical (unpaired) electrons. The first-order valence-electron chi connectivity index (χ1n) is 9.03. The molecule has 0 bridgehead atoms. The second-order valence-corrected chi connectivity index (χ2v) is 7.03. The average molecular weight is 394 g/mol. The van der Waals surface area contributed by atoms with Gasteiger partial charge < -0.3 is 10.1 Å². The van der Waals surface area contributed by atoms with Gasteiger partial charge in [0.1, 0.15) is 5.75 Å². The Morgan fingerprint density at radius 3 is 2.35 bits per heavy atom. The fraction of sp³-hybridized carbons (Fsp3) is 0.381. The lowest BCUT2D eigenvalue weighted by atomic mass is 10.1. The van der Waals surface area contributed by atoms with Crippen molar-refractivity contribution >= 4 is 29.1 Å². The molecule has 2 rings (SSSR count). The number of halogens is 2. The van der Waals surface area contributed by atoms with Gasteiger partial charge in [0, 0.05) is 23.0 Å². The smallest absolute Gasteiger partial charge is 0.220 e. The molecule has 0 spiro atoms. The van der Waals surface area contributed by atoms with E-state index in [4.69, 9.17) is 27.9 Å².